The van der Waals surface area contributed by atoms with E-state index < -0.39 is 41.4 Å². The Bertz CT molecular complexity index is 3220. The second-order valence-corrected chi connectivity index (χ2v) is 21.4. The van der Waals surface area contributed by atoms with E-state index in [1.54, 1.807) is 105 Å². The number of ketones is 2. The highest BCUT2D eigenvalue weighted by Gasteiger charge is 2.52. The highest BCUT2D eigenvalue weighted by Crippen LogP contribution is 2.43. The smallest absolute Gasteiger partial charge is 0.265 e. The van der Waals surface area contributed by atoms with E-state index in [9.17, 15) is 36.0 Å². The topological polar surface area (TPSA) is 205 Å². The van der Waals surface area contributed by atoms with Gasteiger partial charge in [-0.3, -0.25) is 19.2 Å². The number of ether oxygens (including phenoxy) is 2. The summed E-state index contributed by atoms with van der Waals surface area (Å²) in [6.45, 7) is 3.63. The molecule has 0 spiro atoms. The molecule has 0 radical (unpaired) electrons. The molecule has 66 heavy (non-hydrogen) atoms. The largest absolute Gasteiger partial charge is 0.492 e. The van der Waals surface area contributed by atoms with Crippen LogP contribution in [0, 0.1) is 0 Å². The summed E-state index contributed by atoms with van der Waals surface area (Å²) in [6.07, 6.45) is 5.63. The molecule has 4 aliphatic rings. The fourth-order valence-electron chi connectivity index (χ4n) is 7.53. The maximum Gasteiger partial charge on any atom is 0.265 e. The first-order valence-electron chi connectivity index (χ1n) is 21.2. The Morgan fingerprint density at radius 3 is 1.70 bits per heavy atom. The highest BCUT2D eigenvalue weighted by molar-refractivity contribution is 7.92. The van der Waals surface area contributed by atoms with E-state index >= 15 is 0 Å². The van der Waals surface area contributed by atoms with Gasteiger partial charge in [-0.2, -0.15) is 0 Å². The minimum atomic E-state index is -3.79. The van der Waals surface area contributed by atoms with Crippen LogP contribution in [0.3, 0.4) is 0 Å². The van der Waals surface area contributed by atoms with Gasteiger partial charge >= 0.3 is 0 Å². The zero-order chi connectivity index (χ0) is 46.4. The fourth-order valence-corrected chi connectivity index (χ4v) is 10.0. The molecule has 2 fully saturated rings. The van der Waals surface area contributed by atoms with Crippen molar-refractivity contribution in [3.05, 3.63) is 155 Å². The standard InChI is InChI=1S/C30H24N2O6S.C20H19NO5S/c1-30(13-14-30)39(35,36)32-28(34)24-10-6-5-9-23(24)20-11-12-25-26(16-20)37-17-21(27(25)33)15-22-18-38-29(31-22)19-7-3-2-4-8-19;1-20(9-10-20)27(24,25)21-19(23)15-5-3-2-4-14(15)13-6-7-16-17(22)8-11-26-18(16)12-13/h2-12,15-16,18H,13-14,17H2,1H3,(H,32,34);2-7,12H,8-11H2,1H3,(H,21,23)/b21-15+;. The maximum absolute atomic E-state index is 13.2. The van der Waals surface area contributed by atoms with Crippen molar-refractivity contribution in [1.29, 1.82) is 0 Å². The molecule has 5 aromatic carbocycles. The number of nitrogens with zero attached hydrogens (tertiary/aromatic N) is 1. The molecular weight excluding hydrogens is 883 g/mol. The molecule has 2 amide bonds. The molecule has 2 aliphatic heterocycles. The van der Waals surface area contributed by atoms with Crippen LogP contribution < -0.4 is 18.9 Å². The quantitative estimate of drug-likeness (QED) is 0.125. The molecule has 3 heterocycles. The maximum atomic E-state index is 13.2. The number of amides is 2. The van der Waals surface area contributed by atoms with Crippen LogP contribution in [0.4, 0.5) is 0 Å². The van der Waals surface area contributed by atoms with Crippen molar-refractivity contribution in [2.24, 2.45) is 0 Å². The Hall–Kier alpha value is -7.17. The lowest BCUT2D eigenvalue weighted by atomic mass is 9.94. The van der Waals surface area contributed by atoms with Gasteiger partial charge in [-0.05, 0) is 116 Å². The summed E-state index contributed by atoms with van der Waals surface area (Å²) < 4.78 is 69.7. The Balaban J connectivity index is 0.000000178. The summed E-state index contributed by atoms with van der Waals surface area (Å²) in [5.41, 5.74) is 5.57. The van der Waals surface area contributed by atoms with Crippen LogP contribution in [0.15, 0.2) is 132 Å². The number of carbonyl (C=O) groups excluding carboxylic acids is 4. The van der Waals surface area contributed by atoms with E-state index in [1.807, 2.05) is 30.3 Å². The third-order valence-electron chi connectivity index (χ3n) is 12.3. The molecule has 0 saturated heterocycles. The average molecular weight is 926 g/mol. The normalized spacial score (nSPS) is 17.2. The van der Waals surface area contributed by atoms with Crippen LogP contribution in [0.2, 0.25) is 0 Å². The van der Waals surface area contributed by atoms with Crippen molar-refractivity contribution in [3.8, 4) is 45.2 Å². The van der Waals surface area contributed by atoms with Gasteiger partial charge in [0.15, 0.2) is 11.6 Å². The fraction of sp³-hybridized carbons (Fsp3) is 0.220. The van der Waals surface area contributed by atoms with E-state index in [0.717, 1.165) is 5.56 Å². The molecule has 10 rings (SSSR count). The van der Waals surface area contributed by atoms with Gasteiger partial charge in [0.2, 0.25) is 25.9 Å². The SMILES string of the molecule is CC1(S(=O)(=O)NC(=O)c2ccccc2-c2ccc3c(c2)OC/C(=C\c2coc(-c4ccccc4)n2)C3=O)CC1.CC1(S(=O)(=O)NC(=O)c2ccccc2-c2ccc3c(c2)OCCC3=O)CC1. The number of carbonyl (C=O) groups is 4. The van der Waals surface area contributed by atoms with Gasteiger partial charge in [0, 0.05) is 28.7 Å². The highest BCUT2D eigenvalue weighted by atomic mass is 32.2. The average Bonchev–Trinajstić information content (AvgIpc) is 4.22. The molecule has 6 aromatic rings. The third-order valence-corrected chi connectivity index (χ3v) is 16.6. The number of aromatic nitrogens is 1. The Morgan fingerprint density at radius 2 is 1.14 bits per heavy atom. The monoisotopic (exact) mass is 925 g/mol. The second-order valence-electron chi connectivity index (χ2n) is 17.0. The van der Waals surface area contributed by atoms with Crippen LogP contribution in [-0.4, -0.2) is 67.9 Å². The van der Waals surface area contributed by atoms with Crippen molar-refractivity contribution < 1.29 is 49.9 Å². The molecular formula is C50H43N3O11S2. The molecule has 2 aliphatic carbocycles. The summed E-state index contributed by atoms with van der Waals surface area (Å²) in [6, 6.07) is 33.2. The number of hydrogen-bond donors (Lipinski definition) is 2. The predicted molar refractivity (Wildman–Crippen MR) is 246 cm³/mol. The lowest BCUT2D eigenvalue weighted by Crippen LogP contribution is -2.38. The van der Waals surface area contributed by atoms with E-state index in [2.05, 4.69) is 14.4 Å². The molecule has 336 valence electrons. The van der Waals surface area contributed by atoms with Gasteiger partial charge in [0.1, 0.15) is 30.1 Å². The zero-order valence-corrected chi connectivity index (χ0v) is 37.5. The molecule has 2 saturated carbocycles. The van der Waals surface area contributed by atoms with Crippen LogP contribution in [0.1, 0.15) is 93.1 Å². The van der Waals surface area contributed by atoms with E-state index in [4.69, 9.17) is 13.9 Å². The van der Waals surface area contributed by atoms with Crippen LogP contribution in [0.5, 0.6) is 11.5 Å². The Morgan fingerprint density at radius 1 is 0.621 bits per heavy atom. The number of fused-ring (bicyclic) bond motifs is 2. The van der Waals surface area contributed by atoms with Crippen molar-refractivity contribution in [1.82, 2.24) is 14.4 Å². The molecule has 2 N–H and O–H groups in total. The first kappa shape index (κ1) is 44.1. The van der Waals surface area contributed by atoms with E-state index in [-0.39, 0.29) is 29.3 Å². The van der Waals surface area contributed by atoms with E-state index in [1.165, 1.54) is 6.26 Å². The lowest BCUT2D eigenvalue weighted by molar-refractivity contribution is 0.0930. The molecule has 0 unspecified atom stereocenters. The minimum absolute atomic E-state index is 0.0256. The number of Topliss-reactive ketones (excluding diaryl/α,β-unsaturated/α-hetero) is 2. The van der Waals surface area contributed by atoms with Gasteiger partial charge < -0.3 is 13.9 Å². The summed E-state index contributed by atoms with van der Waals surface area (Å²) >= 11 is 0. The zero-order valence-electron chi connectivity index (χ0n) is 35.8. The van der Waals surface area contributed by atoms with Gasteiger partial charge in [-0.15, -0.1) is 0 Å². The van der Waals surface area contributed by atoms with E-state index in [0.29, 0.717) is 101 Å². The summed E-state index contributed by atoms with van der Waals surface area (Å²) in [5.74, 6) is -0.197. The molecule has 0 atom stereocenters. The van der Waals surface area contributed by atoms with Gasteiger partial charge in [-0.1, -0.05) is 66.7 Å². The summed E-state index contributed by atoms with van der Waals surface area (Å²) in [5, 5.41) is 0. The number of nitrogens with one attached hydrogen (secondary N) is 2. The third kappa shape index (κ3) is 8.68. The molecule has 14 nitrogen and oxygen atoms in total. The van der Waals surface area contributed by atoms with Crippen molar-refractivity contribution in [2.45, 2.75) is 55.4 Å². The van der Waals surface area contributed by atoms with Gasteiger partial charge in [-0.25, -0.2) is 31.3 Å². The van der Waals surface area contributed by atoms with Crippen molar-refractivity contribution in [3.63, 3.8) is 0 Å². The predicted octanol–water partition coefficient (Wildman–Crippen LogP) is 8.21. The number of oxazole rings is 1. The van der Waals surface area contributed by atoms with Gasteiger partial charge in [0.05, 0.1) is 27.2 Å². The number of rotatable bonds is 10. The lowest BCUT2D eigenvalue weighted by Gasteiger charge is -2.20. The van der Waals surface area contributed by atoms with Crippen LogP contribution in [0.25, 0.3) is 39.8 Å². The molecule has 0 bridgehead atoms. The minimum Gasteiger partial charge on any atom is -0.492 e. The van der Waals surface area contributed by atoms with Crippen molar-refractivity contribution >= 4 is 49.5 Å². The van der Waals surface area contributed by atoms with Crippen LogP contribution in [-0.2, 0) is 20.0 Å². The second kappa shape index (κ2) is 17.0. The van der Waals surface area contributed by atoms with Gasteiger partial charge in [0.25, 0.3) is 11.8 Å². The van der Waals surface area contributed by atoms with Crippen molar-refractivity contribution in [2.75, 3.05) is 13.2 Å². The first-order chi connectivity index (χ1) is 31.5. The first-order valence-corrected chi connectivity index (χ1v) is 24.2. The Kier molecular flexibility index (Phi) is 11.3. The number of hydrogen-bond acceptors (Lipinski definition) is 12. The number of benzene rings is 5. The summed E-state index contributed by atoms with van der Waals surface area (Å²) in [4.78, 5) is 55.3. The molecule has 16 heteroatoms. The molecule has 1 aromatic heterocycles. The number of sulfonamides is 2. The van der Waals surface area contributed by atoms with Crippen LogP contribution >= 0.6 is 0 Å². The Labute approximate surface area is 381 Å². The summed E-state index contributed by atoms with van der Waals surface area (Å²) in [7, 11) is -7.51.